The van der Waals surface area contributed by atoms with Crippen LogP contribution >= 0.6 is 0 Å². The van der Waals surface area contributed by atoms with Gasteiger partial charge >= 0.3 is 6.03 Å². The van der Waals surface area contributed by atoms with E-state index in [1.54, 1.807) is 48.3 Å². The molecule has 0 aliphatic carbocycles. The summed E-state index contributed by atoms with van der Waals surface area (Å²) in [7, 11) is 1.55. The van der Waals surface area contributed by atoms with Crippen LogP contribution in [-0.4, -0.2) is 33.7 Å². The molecule has 0 spiro atoms. The Morgan fingerprint density at radius 2 is 1.88 bits per heavy atom. The van der Waals surface area contributed by atoms with Crippen LogP contribution in [0.15, 0.2) is 67.0 Å². The average molecular weight is 442 g/mol. The number of carbonyl (C=O) groups excluding carboxylic acids is 2. The van der Waals surface area contributed by atoms with E-state index in [0.717, 1.165) is 22.2 Å². The molecule has 0 saturated carbocycles. The maximum absolute atomic E-state index is 13.0. The molecule has 4 aromatic rings. The highest BCUT2D eigenvalue weighted by molar-refractivity contribution is 6.07. The second kappa shape index (κ2) is 7.67. The zero-order chi connectivity index (χ0) is 23.2. The van der Waals surface area contributed by atoms with E-state index in [9.17, 15) is 14.7 Å². The fraction of sp³-hybridized carbons (Fsp3) is 0.160. The molecule has 8 heteroatoms. The van der Waals surface area contributed by atoms with E-state index in [4.69, 9.17) is 4.74 Å². The SMILES string of the molecule is COc1ccc2cn(C[C@@]3(c4ccc(-c5ccc(C)cn5)cc4)NC(=O)NC3=O)c(O)c2c1. The summed E-state index contributed by atoms with van der Waals surface area (Å²) in [5.41, 5.74) is 1.98. The number of methoxy groups -OCH3 is 1. The van der Waals surface area contributed by atoms with Gasteiger partial charge in [0.2, 0.25) is 0 Å². The summed E-state index contributed by atoms with van der Waals surface area (Å²) in [4.78, 5) is 29.6. The number of fused-ring (bicyclic) bond motifs is 1. The topological polar surface area (TPSA) is 105 Å². The van der Waals surface area contributed by atoms with Crippen LogP contribution in [0.2, 0.25) is 0 Å². The maximum atomic E-state index is 13.0. The van der Waals surface area contributed by atoms with Crippen LogP contribution in [0.4, 0.5) is 4.79 Å². The largest absolute Gasteiger partial charge is 0.497 e. The first kappa shape index (κ1) is 20.6. The molecule has 0 unspecified atom stereocenters. The predicted octanol–water partition coefficient (Wildman–Crippen LogP) is 3.46. The van der Waals surface area contributed by atoms with Gasteiger partial charge in [0.25, 0.3) is 5.91 Å². The minimum Gasteiger partial charge on any atom is -0.497 e. The molecule has 0 radical (unpaired) electrons. The number of amides is 3. The first-order valence-corrected chi connectivity index (χ1v) is 10.4. The average Bonchev–Trinajstić information content (AvgIpc) is 3.29. The van der Waals surface area contributed by atoms with Crippen LogP contribution in [0.5, 0.6) is 11.6 Å². The summed E-state index contributed by atoms with van der Waals surface area (Å²) < 4.78 is 6.81. The molecule has 2 aromatic carbocycles. The number of nitrogens with one attached hydrogen (secondary N) is 2. The summed E-state index contributed by atoms with van der Waals surface area (Å²) in [5.74, 6) is 0.110. The van der Waals surface area contributed by atoms with Gasteiger partial charge in [-0.05, 0) is 42.3 Å². The number of hydrogen-bond acceptors (Lipinski definition) is 5. The van der Waals surface area contributed by atoms with Gasteiger partial charge in [0.15, 0.2) is 11.4 Å². The molecule has 1 fully saturated rings. The van der Waals surface area contributed by atoms with Crippen molar-refractivity contribution in [2.24, 2.45) is 0 Å². The lowest BCUT2D eigenvalue weighted by Gasteiger charge is -2.27. The molecule has 0 bridgehead atoms. The molecule has 3 heterocycles. The Hall–Kier alpha value is -4.33. The molecule has 3 amide bonds. The second-order valence-electron chi connectivity index (χ2n) is 8.15. The number of benzene rings is 2. The van der Waals surface area contributed by atoms with Gasteiger partial charge < -0.3 is 19.7 Å². The summed E-state index contributed by atoms with van der Waals surface area (Å²) >= 11 is 0. The number of aromatic nitrogens is 2. The van der Waals surface area contributed by atoms with E-state index in [0.29, 0.717) is 16.7 Å². The lowest BCUT2D eigenvalue weighted by atomic mass is 9.88. The van der Waals surface area contributed by atoms with E-state index in [1.807, 2.05) is 37.3 Å². The van der Waals surface area contributed by atoms with Crippen molar-refractivity contribution < 1.29 is 19.4 Å². The number of pyridine rings is 1. The van der Waals surface area contributed by atoms with Crippen LogP contribution in [0.1, 0.15) is 11.1 Å². The number of carbonyl (C=O) groups is 2. The number of imide groups is 1. The van der Waals surface area contributed by atoms with E-state index in [-0.39, 0.29) is 12.4 Å². The van der Waals surface area contributed by atoms with Gasteiger partial charge in [-0.25, -0.2) is 4.79 Å². The quantitative estimate of drug-likeness (QED) is 0.411. The number of nitrogens with zero attached hydrogens (tertiary/aromatic N) is 2. The maximum Gasteiger partial charge on any atom is 0.322 e. The first-order chi connectivity index (χ1) is 15.9. The standard InChI is InChI=1S/C25H22N4O4/c1-15-3-10-21(26-12-15)16-4-7-18(8-5-16)25(23(31)27-24(32)28-25)14-29-13-17-6-9-19(33-2)11-20(17)22(29)30/h3-13,30H,14H2,1-2H3,(H2,27,28,31,32)/t25-/m0/s1. The summed E-state index contributed by atoms with van der Waals surface area (Å²) in [6.45, 7) is 1.98. The zero-order valence-corrected chi connectivity index (χ0v) is 18.1. The molecule has 1 aliphatic heterocycles. The Labute approximate surface area is 189 Å². The molecule has 33 heavy (non-hydrogen) atoms. The van der Waals surface area contributed by atoms with Crippen molar-refractivity contribution in [3.8, 4) is 22.9 Å². The smallest absolute Gasteiger partial charge is 0.322 e. The Morgan fingerprint density at radius 1 is 1.09 bits per heavy atom. The van der Waals surface area contributed by atoms with Crippen molar-refractivity contribution in [1.29, 1.82) is 0 Å². The third-order valence-electron chi connectivity index (χ3n) is 6.00. The molecular formula is C25H22N4O4. The van der Waals surface area contributed by atoms with Gasteiger partial charge in [-0.3, -0.25) is 15.1 Å². The van der Waals surface area contributed by atoms with Crippen LogP contribution in [-0.2, 0) is 16.9 Å². The second-order valence-corrected chi connectivity index (χ2v) is 8.15. The Bertz CT molecular complexity index is 1380. The van der Waals surface area contributed by atoms with E-state index in [1.165, 1.54) is 0 Å². The molecular weight excluding hydrogens is 420 g/mol. The van der Waals surface area contributed by atoms with Gasteiger partial charge in [0.05, 0.1) is 19.3 Å². The third-order valence-corrected chi connectivity index (χ3v) is 6.00. The van der Waals surface area contributed by atoms with Crippen molar-refractivity contribution in [3.63, 3.8) is 0 Å². The summed E-state index contributed by atoms with van der Waals surface area (Å²) in [6, 6.07) is 16.0. The first-order valence-electron chi connectivity index (χ1n) is 10.4. The zero-order valence-electron chi connectivity index (χ0n) is 18.1. The van der Waals surface area contributed by atoms with Gasteiger partial charge in [-0.2, -0.15) is 0 Å². The molecule has 5 rings (SSSR count). The summed E-state index contributed by atoms with van der Waals surface area (Å²) in [5, 5.41) is 17.3. The van der Waals surface area contributed by atoms with Crippen molar-refractivity contribution in [2.45, 2.75) is 19.0 Å². The number of aromatic hydroxyl groups is 1. The summed E-state index contributed by atoms with van der Waals surface area (Å²) in [6.07, 6.45) is 3.54. The van der Waals surface area contributed by atoms with Crippen molar-refractivity contribution in [2.75, 3.05) is 7.11 Å². The fourth-order valence-electron chi connectivity index (χ4n) is 4.19. The van der Waals surface area contributed by atoms with Gasteiger partial charge in [0.1, 0.15) is 5.75 Å². The number of urea groups is 1. The number of aryl methyl sites for hydroxylation is 1. The van der Waals surface area contributed by atoms with E-state index in [2.05, 4.69) is 15.6 Å². The minimum atomic E-state index is -1.38. The van der Waals surface area contributed by atoms with Crippen molar-refractivity contribution >= 4 is 22.7 Å². The lowest BCUT2D eigenvalue weighted by Crippen LogP contribution is -2.47. The van der Waals surface area contributed by atoms with Crippen LogP contribution < -0.4 is 15.4 Å². The highest BCUT2D eigenvalue weighted by Gasteiger charge is 2.48. The molecule has 166 valence electrons. The van der Waals surface area contributed by atoms with Crippen molar-refractivity contribution in [3.05, 3.63) is 78.1 Å². The third kappa shape index (κ3) is 3.45. The van der Waals surface area contributed by atoms with Crippen LogP contribution in [0, 0.1) is 6.92 Å². The Kier molecular flexibility index (Phi) is 4.78. The molecule has 1 aliphatic rings. The molecule has 2 aromatic heterocycles. The lowest BCUT2D eigenvalue weighted by molar-refractivity contribution is -0.124. The fourth-order valence-corrected chi connectivity index (χ4v) is 4.19. The molecule has 8 nitrogen and oxygen atoms in total. The minimum absolute atomic E-state index is 0.00945. The van der Waals surface area contributed by atoms with Crippen molar-refractivity contribution in [1.82, 2.24) is 20.2 Å². The van der Waals surface area contributed by atoms with E-state index < -0.39 is 17.5 Å². The van der Waals surface area contributed by atoms with Gasteiger partial charge in [-0.1, -0.05) is 30.3 Å². The Balaban J connectivity index is 1.55. The van der Waals surface area contributed by atoms with Gasteiger partial charge in [-0.15, -0.1) is 0 Å². The van der Waals surface area contributed by atoms with Gasteiger partial charge in [0, 0.05) is 28.7 Å². The Morgan fingerprint density at radius 3 is 2.52 bits per heavy atom. The highest BCUT2D eigenvalue weighted by atomic mass is 16.5. The number of rotatable bonds is 5. The monoisotopic (exact) mass is 442 g/mol. The van der Waals surface area contributed by atoms with E-state index >= 15 is 0 Å². The molecule has 1 atom stereocenters. The number of hydrogen-bond donors (Lipinski definition) is 3. The van der Waals surface area contributed by atoms with Crippen LogP contribution in [0.3, 0.4) is 0 Å². The molecule has 3 N–H and O–H groups in total. The predicted molar refractivity (Wildman–Crippen MR) is 123 cm³/mol. The normalized spacial score (nSPS) is 17.8. The van der Waals surface area contributed by atoms with Crippen LogP contribution in [0.25, 0.3) is 22.0 Å². The molecule has 1 saturated heterocycles. The number of ether oxygens (including phenoxy) is 1. The highest BCUT2D eigenvalue weighted by Crippen LogP contribution is 2.35.